The summed E-state index contributed by atoms with van der Waals surface area (Å²) in [7, 11) is 2.74. The zero-order chi connectivity index (χ0) is 76.2. The van der Waals surface area contributed by atoms with Crippen LogP contribution in [-0.2, 0) is 52.5 Å². The fourth-order valence-corrected chi connectivity index (χ4v) is 17.4. The van der Waals surface area contributed by atoms with Gasteiger partial charge in [-0.15, -0.1) is 0 Å². The summed E-state index contributed by atoms with van der Waals surface area (Å²) < 4.78 is 108. The van der Waals surface area contributed by atoms with E-state index in [-0.39, 0.29) is 48.2 Å². The number of hydrogen-bond donors (Lipinski definition) is 3. The molecule has 17 nitrogen and oxygen atoms in total. The highest BCUT2D eigenvalue weighted by molar-refractivity contribution is 9.09. The van der Waals surface area contributed by atoms with Gasteiger partial charge < -0.3 is 59.0 Å². The number of aryl methyl sites for hydroxylation is 1. The van der Waals surface area contributed by atoms with Crippen LogP contribution in [0.5, 0.6) is 0 Å². The summed E-state index contributed by atoms with van der Waals surface area (Å²) in [6.07, 6.45) is 2.68. The average Bonchev–Trinajstić information content (AvgIpc) is 1.60. The number of rotatable bonds is 20. The third-order valence-corrected chi connectivity index (χ3v) is 23.7. The molecule has 9 fully saturated rings. The number of likely N-dealkylation sites (tertiary alicyclic amines) is 2. The lowest BCUT2D eigenvalue weighted by Gasteiger charge is -2.39. The van der Waals surface area contributed by atoms with E-state index >= 15 is 0 Å². The summed E-state index contributed by atoms with van der Waals surface area (Å²) in [5.74, 6) is -4.40. The number of carboxylic acid groups (broad SMARTS) is 1. The maximum atomic E-state index is 13.6. The van der Waals surface area contributed by atoms with Crippen LogP contribution in [0, 0.1) is 0 Å². The fraction of sp³-hybridized carbons (Fsp3) is 0.512. The standard InChI is InChI=1S/C29H33F3N2O4.C26H32N2O3.C19H23F3N2O2.C10H11BrO2/c1-37-26(35)22-9-7-20(8-10-22)11-14-33-15-12-28(13-16-33)18-23(19-38-28)34(27(36)29(30,31)32)25-17-24(25)21-5-3-2-4-6-21;29-25(30)21-8-6-19(7-9-21)10-13-28-14-11-26(12-15-28)17-22(18-31-26)27-24-16-23(24)20-4-2-1-3-5-20;20-19(21,22)17(25)24(16-10-15(16)13-4-2-1-3-5-13)14-11-18(26-12-14)6-8-23-9-7-18;1-13-10(12)9-4-2-8(3-5-9)6-7-11/h2-10,23-25H,11-19H2,1H3;1-9,22-24,27H,10-18H2,(H,29,30);1-5,14-16,23H,6-12H2;2-5H,6-7H2,1H3/t23?,24-,25+;22?,23-,24+;14?,15-,16+;/m000./s1. The molecule has 6 saturated heterocycles. The Morgan fingerprint density at radius 1 is 0.500 bits per heavy atom. The lowest BCUT2D eigenvalue weighted by molar-refractivity contribution is -0.188. The van der Waals surface area contributed by atoms with Crippen molar-refractivity contribution < 1.29 is 79.1 Å². The third-order valence-electron chi connectivity index (χ3n) is 23.3. The summed E-state index contributed by atoms with van der Waals surface area (Å²) in [4.78, 5) is 65.4. The minimum Gasteiger partial charge on any atom is -0.478 e. The Kier molecular flexibility index (Phi) is 26.4. The van der Waals surface area contributed by atoms with Gasteiger partial charge >= 0.3 is 42.1 Å². The molecule has 0 bridgehead atoms. The molecule has 0 aromatic heterocycles. The second kappa shape index (κ2) is 35.6. The smallest absolute Gasteiger partial charge is 0.471 e. The highest BCUT2D eigenvalue weighted by Crippen LogP contribution is 2.52. The van der Waals surface area contributed by atoms with E-state index in [1.54, 1.807) is 36.4 Å². The summed E-state index contributed by atoms with van der Waals surface area (Å²) in [6.45, 7) is 8.38. The Morgan fingerprint density at radius 3 is 1.26 bits per heavy atom. The number of amides is 2. The van der Waals surface area contributed by atoms with Crippen LogP contribution in [0.2, 0.25) is 0 Å². The van der Waals surface area contributed by atoms with Gasteiger partial charge in [-0.25, -0.2) is 14.4 Å². The molecule has 24 heteroatoms. The second-order valence-electron chi connectivity index (χ2n) is 30.4. The van der Waals surface area contributed by atoms with Crippen LogP contribution in [0.3, 0.4) is 0 Å². The molecule has 6 aromatic rings. The van der Waals surface area contributed by atoms with Crippen molar-refractivity contribution in [2.24, 2.45) is 0 Å². The number of nitrogens with one attached hydrogen (secondary N) is 2. The van der Waals surface area contributed by atoms with E-state index in [0.29, 0.717) is 60.4 Å². The first kappa shape index (κ1) is 80.0. The van der Waals surface area contributed by atoms with E-state index in [9.17, 15) is 50.3 Å². The summed E-state index contributed by atoms with van der Waals surface area (Å²) in [5, 5.41) is 17.1. The molecule has 3 aliphatic carbocycles. The summed E-state index contributed by atoms with van der Waals surface area (Å²) in [6, 6.07) is 51.0. The molecule has 6 aromatic carbocycles. The summed E-state index contributed by atoms with van der Waals surface area (Å²) in [5.41, 5.74) is 7.63. The van der Waals surface area contributed by atoms with Gasteiger partial charge in [0.1, 0.15) is 0 Å². The van der Waals surface area contributed by atoms with Gasteiger partial charge in [-0.05, 0) is 179 Å². The molecule has 15 rings (SSSR count). The van der Waals surface area contributed by atoms with E-state index in [4.69, 9.17) is 24.1 Å². The number of esters is 2. The van der Waals surface area contributed by atoms with Gasteiger partial charge in [0.05, 0.1) is 79.6 Å². The average molecular weight is 1560 g/mol. The number of piperidine rings is 3. The molecular formula is C84H99BrF6N6O11. The van der Waals surface area contributed by atoms with Crippen molar-refractivity contribution in [1.82, 2.24) is 30.2 Å². The van der Waals surface area contributed by atoms with Crippen molar-refractivity contribution in [3.63, 3.8) is 0 Å². The maximum Gasteiger partial charge on any atom is 0.471 e. The van der Waals surface area contributed by atoms with E-state index in [2.05, 4.69) is 71.4 Å². The zero-order valence-electron chi connectivity index (χ0n) is 61.3. The lowest BCUT2D eigenvalue weighted by atomic mass is 9.86. The van der Waals surface area contributed by atoms with Gasteiger partial charge in [-0.3, -0.25) is 9.59 Å². The number of nitrogens with zero attached hydrogens (tertiary/aromatic N) is 4. The molecule has 6 aliphatic heterocycles. The quantitative estimate of drug-likeness (QED) is 0.0372. The van der Waals surface area contributed by atoms with Gasteiger partial charge in [-0.2, -0.15) is 26.3 Å². The molecular weight excluding hydrogens is 1460 g/mol. The van der Waals surface area contributed by atoms with Crippen molar-refractivity contribution >= 4 is 45.7 Å². The minimum atomic E-state index is -4.90. The molecule has 2 amide bonds. The Morgan fingerprint density at radius 2 is 0.870 bits per heavy atom. The van der Waals surface area contributed by atoms with E-state index in [1.165, 1.54) is 37.3 Å². The SMILES string of the molecule is COC(=O)c1ccc(CCBr)cc1.COC(=O)c1ccc(CCN2CCC3(CC2)CC(N(C(=O)C(F)(F)F)[C@@H]2C[C@H]2c2ccccc2)CO3)cc1.O=C(N(C1COC2(CCNCC2)C1)[C@@H]1C[C@H]1c1ccccc1)C(F)(F)F.O=C(O)c1ccc(CCN2CCC3(CC2)CC(N[C@@H]2C[C@H]2c2ccccc2)CO3)cc1. The maximum absolute atomic E-state index is 13.6. The molecule has 3 unspecified atom stereocenters. The predicted octanol–water partition coefficient (Wildman–Crippen LogP) is 13.5. The van der Waals surface area contributed by atoms with Crippen LogP contribution >= 0.6 is 15.9 Å². The molecule has 9 aliphatic rings. The van der Waals surface area contributed by atoms with E-state index < -0.39 is 59.9 Å². The number of alkyl halides is 7. The van der Waals surface area contributed by atoms with Gasteiger partial charge in [0.15, 0.2) is 0 Å². The van der Waals surface area contributed by atoms with Gasteiger partial charge in [0.25, 0.3) is 0 Å². The van der Waals surface area contributed by atoms with Crippen LogP contribution in [-0.4, -0.2) is 212 Å². The number of carboxylic acids is 1. The molecule has 3 N–H and O–H groups in total. The molecule has 580 valence electrons. The largest absolute Gasteiger partial charge is 0.478 e. The number of benzene rings is 6. The number of methoxy groups -OCH3 is 2. The van der Waals surface area contributed by atoms with Crippen LogP contribution in [0.15, 0.2) is 164 Å². The molecule has 9 atom stereocenters. The minimum absolute atomic E-state index is 0.0212. The Balaban J connectivity index is 0.000000141. The number of hydrogen-bond acceptors (Lipinski definition) is 14. The van der Waals surface area contributed by atoms with Crippen molar-refractivity contribution in [1.29, 1.82) is 0 Å². The predicted molar refractivity (Wildman–Crippen MR) is 400 cm³/mol. The van der Waals surface area contributed by atoms with Crippen molar-refractivity contribution in [3.05, 3.63) is 214 Å². The molecule has 3 saturated carbocycles. The number of halogens is 7. The first-order valence-corrected chi connectivity index (χ1v) is 39.1. The van der Waals surface area contributed by atoms with Gasteiger partial charge in [-0.1, -0.05) is 143 Å². The highest BCUT2D eigenvalue weighted by atomic mass is 79.9. The van der Waals surface area contributed by atoms with Crippen LogP contribution in [0.1, 0.15) is 159 Å². The van der Waals surface area contributed by atoms with E-state index in [0.717, 1.165) is 155 Å². The normalized spacial score (nSPS) is 25.1. The highest BCUT2D eigenvalue weighted by Gasteiger charge is 2.59. The molecule has 0 radical (unpaired) electrons. The Bertz CT molecular complexity index is 3940. The van der Waals surface area contributed by atoms with E-state index in [1.807, 2.05) is 97.1 Å². The van der Waals surface area contributed by atoms with Crippen LogP contribution < -0.4 is 10.6 Å². The monoisotopic (exact) mass is 1560 g/mol. The first-order chi connectivity index (χ1) is 52.0. The fourth-order valence-electron chi connectivity index (χ4n) is 16.9. The number of carbonyl (C=O) groups is 5. The molecule has 3 spiro atoms. The number of carbonyl (C=O) groups excluding carboxylic acids is 4. The third kappa shape index (κ3) is 20.7. The molecule has 6 heterocycles. The van der Waals surface area contributed by atoms with Gasteiger partial charge in [0.2, 0.25) is 0 Å². The van der Waals surface area contributed by atoms with Crippen molar-refractivity contribution in [2.75, 3.05) is 91.7 Å². The van der Waals surface area contributed by atoms with Gasteiger partial charge in [0, 0.05) is 86.5 Å². The van der Waals surface area contributed by atoms with Crippen LogP contribution in [0.4, 0.5) is 26.3 Å². The summed E-state index contributed by atoms with van der Waals surface area (Å²) >= 11 is 3.36. The lowest BCUT2D eigenvalue weighted by Crippen LogP contribution is -2.50. The number of ether oxygens (including phenoxy) is 5. The second-order valence-corrected chi connectivity index (χ2v) is 31.2. The zero-order valence-corrected chi connectivity index (χ0v) is 62.9. The first-order valence-electron chi connectivity index (χ1n) is 38.0. The van der Waals surface area contributed by atoms with Crippen LogP contribution in [0.25, 0.3) is 0 Å². The van der Waals surface area contributed by atoms with Crippen molar-refractivity contribution in [3.8, 4) is 0 Å². The Hall–Kier alpha value is -7.55. The number of aromatic carboxylic acids is 1. The van der Waals surface area contributed by atoms with Crippen molar-refractivity contribution in [2.45, 2.75) is 179 Å². The molecule has 108 heavy (non-hydrogen) atoms. The topological polar surface area (TPSA) is 189 Å². The Labute approximate surface area is 636 Å².